The first kappa shape index (κ1) is 37.3. The zero-order chi connectivity index (χ0) is 42.3. The van der Waals surface area contributed by atoms with Crippen molar-refractivity contribution in [2.45, 2.75) is 0 Å². The summed E-state index contributed by atoms with van der Waals surface area (Å²) >= 11 is 0. The molecule has 2 N–H and O–H groups in total. The lowest BCUT2D eigenvalue weighted by Gasteiger charge is -2.11. The van der Waals surface area contributed by atoms with Crippen molar-refractivity contribution in [1.29, 1.82) is 0 Å². The summed E-state index contributed by atoms with van der Waals surface area (Å²) in [6.45, 7) is 0. The van der Waals surface area contributed by atoms with E-state index in [0.29, 0.717) is 33.7 Å². The maximum atomic E-state index is 13.2. The van der Waals surface area contributed by atoms with Crippen LogP contribution in [-0.4, -0.2) is 24.9 Å². The first-order valence-electron chi connectivity index (χ1n) is 20.8. The highest BCUT2D eigenvalue weighted by molar-refractivity contribution is 6.13. The number of benzene rings is 6. The van der Waals surface area contributed by atoms with Crippen LogP contribution < -0.4 is 0 Å². The van der Waals surface area contributed by atoms with Crippen LogP contribution in [-0.2, 0) is 0 Å². The Morgan fingerprint density at radius 1 is 0.349 bits per heavy atom. The Labute approximate surface area is 363 Å². The highest BCUT2D eigenvalue weighted by atomic mass is 16.6. The van der Waals surface area contributed by atoms with Crippen LogP contribution in [0.25, 0.3) is 113 Å². The molecule has 0 spiro atoms. The minimum atomic E-state index is -0.316. The standard InChI is InChI=1S/C56H37N5O2/c62-61(63)47-35-46-48(36-19-7-1-8-20-36)42-31-32-44(57-42)50(38-23-11-3-12-24-38)55-52(40-27-15-5-16-28-40)53(41-29-17-6-18-30-41)56(60-55)51(39-25-13-4-14-26-39)45-34-33-43(58-45)49(54(47)59-46)37-21-9-2-10-22-37/h1-35,59-60H. The molecule has 63 heavy (non-hydrogen) atoms. The molecule has 0 radical (unpaired) electrons. The smallest absolute Gasteiger partial charge is 0.295 e. The van der Waals surface area contributed by atoms with Gasteiger partial charge in [-0.3, -0.25) is 10.1 Å². The van der Waals surface area contributed by atoms with Crippen LogP contribution in [0.15, 0.2) is 188 Å². The monoisotopic (exact) mass is 811 g/mol. The first-order valence-corrected chi connectivity index (χ1v) is 20.8. The zero-order valence-corrected chi connectivity index (χ0v) is 33.9. The van der Waals surface area contributed by atoms with Gasteiger partial charge >= 0.3 is 0 Å². The van der Waals surface area contributed by atoms with Crippen LogP contribution in [0.2, 0.25) is 0 Å². The van der Waals surface area contributed by atoms with Crippen LogP contribution in [0.4, 0.5) is 5.69 Å². The lowest BCUT2D eigenvalue weighted by molar-refractivity contribution is -0.382. The molecule has 298 valence electrons. The molecular formula is C56H37N5O2. The molecule has 3 aromatic heterocycles. The van der Waals surface area contributed by atoms with Crippen molar-refractivity contribution in [3.8, 4) is 66.8 Å². The molecule has 2 aliphatic rings. The second-order valence-corrected chi connectivity index (χ2v) is 15.5. The molecule has 0 unspecified atom stereocenters. The van der Waals surface area contributed by atoms with Gasteiger partial charge in [0.1, 0.15) is 5.52 Å². The van der Waals surface area contributed by atoms with Crippen LogP contribution in [0, 0.1) is 10.1 Å². The van der Waals surface area contributed by atoms with Crippen LogP contribution in [0.5, 0.6) is 0 Å². The van der Waals surface area contributed by atoms with Crippen molar-refractivity contribution in [1.82, 2.24) is 19.9 Å². The number of hydrogen-bond donors (Lipinski definition) is 2. The molecule has 5 heterocycles. The Hall–Kier alpha value is -8.68. The Morgan fingerprint density at radius 3 is 0.968 bits per heavy atom. The molecule has 8 bridgehead atoms. The fourth-order valence-corrected chi connectivity index (χ4v) is 8.98. The summed E-state index contributed by atoms with van der Waals surface area (Å²) in [7, 11) is 0. The Balaban J connectivity index is 1.46. The van der Waals surface area contributed by atoms with E-state index in [1.54, 1.807) is 6.07 Å². The number of nitro groups is 1. The summed E-state index contributed by atoms with van der Waals surface area (Å²) in [5.41, 5.74) is 16.2. The highest BCUT2D eigenvalue weighted by Crippen LogP contribution is 2.48. The van der Waals surface area contributed by atoms with Crippen molar-refractivity contribution < 1.29 is 4.92 Å². The largest absolute Gasteiger partial charge is 0.353 e. The summed E-state index contributed by atoms with van der Waals surface area (Å²) in [6, 6.07) is 63.0. The molecule has 0 fully saturated rings. The van der Waals surface area contributed by atoms with Gasteiger partial charge in [0.25, 0.3) is 5.69 Å². The van der Waals surface area contributed by atoms with Crippen molar-refractivity contribution >= 4 is 52.1 Å². The van der Waals surface area contributed by atoms with Gasteiger partial charge in [0.2, 0.25) is 0 Å². The van der Waals surface area contributed by atoms with Gasteiger partial charge in [0.15, 0.2) is 0 Å². The predicted molar refractivity (Wildman–Crippen MR) is 258 cm³/mol. The molecule has 6 aromatic carbocycles. The van der Waals surface area contributed by atoms with Crippen molar-refractivity contribution in [2.24, 2.45) is 0 Å². The second kappa shape index (κ2) is 15.7. The summed E-state index contributed by atoms with van der Waals surface area (Å²) in [4.78, 5) is 31.5. The quantitative estimate of drug-likeness (QED) is 0.124. The normalized spacial score (nSPS) is 11.8. The van der Waals surface area contributed by atoms with E-state index in [2.05, 4.69) is 88.8 Å². The van der Waals surface area contributed by atoms with Gasteiger partial charge in [0, 0.05) is 39.4 Å². The minimum absolute atomic E-state index is 0.0609. The summed E-state index contributed by atoms with van der Waals surface area (Å²) in [6.07, 6.45) is 8.08. The van der Waals surface area contributed by atoms with E-state index in [0.717, 1.165) is 77.9 Å². The number of fused-ring (bicyclic) bond motifs is 8. The Bertz CT molecular complexity index is 3430. The predicted octanol–water partition coefficient (Wildman–Crippen LogP) is 14.6. The van der Waals surface area contributed by atoms with E-state index < -0.39 is 0 Å². The van der Waals surface area contributed by atoms with E-state index in [9.17, 15) is 10.1 Å². The van der Waals surface area contributed by atoms with Gasteiger partial charge in [-0.2, -0.15) is 0 Å². The van der Waals surface area contributed by atoms with Gasteiger partial charge in [-0.1, -0.05) is 182 Å². The average molecular weight is 812 g/mol. The second-order valence-electron chi connectivity index (χ2n) is 15.5. The number of nitrogens with one attached hydrogen (secondary N) is 2. The molecule has 0 saturated heterocycles. The molecule has 11 rings (SSSR count). The number of hydrogen-bond acceptors (Lipinski definition) is 4. The fourth-order valence-electron chi connectivity index (χ4n) is 8.98. The van der Waals surface area contributed by atoms with Crippen molar-refractivity contribution in [3.05, 3.63) is 221 Å². The molecular weight excluding hydrogens is 775 g/mol. The molecule has 7 nitrogen and oxygen atoms in total. The van der Waals surface area contributed by atoms with Gasteiger partial charge in [-0.05, 0) is 57.7 Å². The molecule has 0 amide bonds. The number of H-pyrrole nitrogens is 2. The van der Waals surface area contributed by atoms with E-state index in [1.807, 2.05) is 127 Å². The van der Waals surface area contributed by atoms with Gasteiger partial charge in [-0.25, -0.2) is 9.97 Å². The average Bonchev–Trinajstić information content (AvgIpc) is 4.17. The topological polar surface area (TPSA) is 100 Å². The van der Waals surface area contributed by atoms with Crippen LogP contribution in [0.1, 0.15) is 22.8 Å². The third-order valence-electron chi connectivity index (χ3n) is 11.7. The number of aromatic nitrogens is 4. The van der Waals surface area contributed by atoms with E-state index in [4.69, 9.17) is 9.97 Å². The maximum absolute atomic E-state index is 13.2. The number of rotatable bonds is 7. The molecule has 2 aliphatic heterocycles. The Kier molecular flexibility index (Phi) is 9.32. The number of aromatic amines is 2. The highest BCUT2D eigenvalue weighted by Gasteiger charge is 2.27. The van der Waals surface area contributed by atoms with Crippen molar-refractivity contribution in [2.75, 3.05) is 0 Å². The molecule has 7 heteroatoms. The summed E-state index contributed by atoms with van der Waals surface area (Å²) < 4.78 is 0. The number of nitrogens with zero attached hydrogens (tertiary/aromatic N) is 3. The summed E-state index contributed by atoms with van der Waals surface area (Å²) in [5.74, 6) is 0. The molecule has 9 aromatic rings. The maximum Gasteiger partial charge on any atom is 0.295 e. The van der Waals surface area contributed by atoms with Crippen LogP contribution in [0.3, 0.4) is 0 Å². The van der Waals surface area contributed by atoms with Crippen molar-refractivity contribution in [3.63, 3.8) is 0 Å². The fraction of sp³-hybridized carbons (Fsp3) is 0. The van der Waals surface area contributed by atoms with Gasteiger partial charge in [0.05, 0.1) is 44.2 Å². The van der Waals surface area contributed by atoms with Gasteiger partial charge in [-0.15, -0.1) is 0 Å². The third-order valence-corrected chi connectivity index (χ3v) is 11.7. The van der Waals surface area contributed by atoms with E-state index in [-0.39, 0.29) is 10.6 Å². The summed E-state index contributed by atoms with van der Waals surface area (Å²) in [5, 5.41) is 13.2. The minimum Gasteiger partial charge on any atom is -0.353 e. The van der Waals surface area contributed by atoms with E-state index >= 15 is 0 Å². The first-order chi connectivity index (χ1) is 31.1. The van der Waals surface area contributed by atoms with Gasteiger partial charge < -0.3 is 9.97 Å². The SMILES string of the molecule is O=[N+]([O-])c1cc2[nH]c1c(-c1ccccc1)c1nc(c(-c3ccccc3)c3[nH]c(c(-c4ccccc4)c4nc(c2-c2ccccc2)C=C4)c(-c2ccccc2)c3-c2ccccc2)C=C1. The molecule has 0 aliphatic carbocycles. The Morgan fingerprint density at radius 2 is 0.635 bits per heavy atom. The molecule has 0 saturated carbocycles. The van der Waals surface area contributed by atoms with Crippen LogP contribution >= 0.6 is 0 Å². The third kappa shape index (κ3) is 6.65. The lowest BCUT2D eigenvalue weighted by atomic mass is 9.91. The van der Waals surface area contributed by atoms with E-state index in [1.165, 1.54) is 0 Å². The zero-order valence-electron chi connectivity index (χ0n) is 33.9. The molecule has 0 atom stereocenters. The lowest BCUT2D eigenvalue weighted by Crippen LogP contribution is -1.91.